The monoisotopic (exact) mass is 257 g/mol. The quantitative estimate of drug-likeness (QED) is 0.882. The summed E-state index contributed by atoms with van der Waals surface area (Å²) in [5, 5.41) is 2.58. The normalized spacial score (nSPS) is 14.4. The number of halogens is 2. The standard InChI is InChI=1S/C12H13F2NO3/c1-17-8-4-5-10(18-12(13)14)9(6-8)15-11(16)7-2-3-7/h4-7,12H,2-3H2,1H3,(H,15,16). The summed E-state index contributed by atoms with van der Waals surface area (Å²) in [5.41, 5.74) is 0.201. The molecule has 1 aliphatic carbocycles. The largest absolute Gasteiger partial charge is 0.497 e. The van der Waals surface area contributed by atoms with Crippen molar-refractivity contribution >= 4 is 11.6 Å². The highest BCUT2D eigenvalue weighted by Crippen LogP contribution is 2.34. The molecular formula is C12H13F2NO3. The third kappa shape index (κ3) is 3.09. The van der Waals surface area contributed by atoms with Crippen LogP contribution >= 0.6 is 0 Å². The molecule has 6 heteroatoms. The molecule has 1 aromatic rings. The van der Waals surface area contributed by atoms with E-state index in [1.807, 2.05) is 0 Å². The molecule has 0 aliphatic heterocycles. The second-order valence-corrected chi connectivity index (χ2v) is 4.00. The van der Waals surface area contributed by atoms with E-state index in [-0.39, 0.29) is 23.3 Å². The van der Waals surface area contributed by atoms with E-state index in [1.165, 1.54) is 25.3 Å². The number of ether oxygens (including phenoxy) is 2. The highest BCUT2D eigenvalue weighted by molar-refractivity contribution is 5.95. The first kappa shape index (κ1) is 12.6. The molecule has 0 heterocycles. The van der Waals surface area contributed by atoms with Crippen molar-refractivity contribution < 1.29 is 23.0 Å². The molecule has 4 nitrogen and oxygen atoms in total. The summed E-state index contributed by atoms with van der Waals surface area (Å²) in [7, 11) is 1.45. The van der Waals surface area contributed by atoms with Crippen LogP contribution in [0.15, 0.2) is 18.2 Å². The molecule has 18 heavy (non-hydrogen) atoms. The SMILES string of the molecule is COc1ccc(OC(F)F)c(NC(=O)C2CC2)c1. The van der Waals surface area contributed by atoms with Crippen LogP contribution in [0.1, 0.15) is 12.8 Å². The van der Waals surface area contributed by atoms with E-state index in [0.29, 0.717) is 5.75 Å². The third-order valence-electron chi connectivity index (χ3n) is 2.61. The maximum absolute atomic E-state index is 12.2. The molecule has 1 N–H and O–H groups in total. The molecule has 2 rings (SSSR count). The number of carbonyl (C=O) groups is 1. The number of rotatable bonds is 5. The second-order valence-electron chi connectivity index (χ2n) is 4.00. The van der Waals surface area contributed by atoms with Crippen LogP contribution in [0.2, 0.25) is 0 Å². The summed E-state index contributed by atoms with van der Waals surface area (Å²) in [6, 6.07) is 4.29. The van der Waals surface area contributed by atoms with Gasteiger partial charge in [0.15, 0.2) is 0 Å². The van der Waals surface area contributed by atoms with Crippen LogP contribution in [0.3, 0.4) is 0 Å². The molecule has 1 fully saturated rings. The van der Waals surface area contributed by atoms with Crippen molar-refractivity contribution in [1.82, 2.24) is 0 Å². The maximum atomic E-state index is 12.2. The lowest BCUT2D eigenvalue weighted by Crippen LogP contribution is -2.15. The minimum atomic E-state index is -2.94. The zero-order valence-electron chi connectivity index (χ0n) is 9.78. The fourth-order valence-electron chi connectivity index (χ4n) is 1.51. The lowest BCUT2D eigenvalue weighted by Gasteiger charge is -2.13. The topological polar surface area (TPSA) is 47.6 Å². The van der Waals surface area contributed by atoms with Crippen molar-refractivity contribution in [3.8, 4) is 11.5 Å². The highest BCUT2D eigenvalue weighted by atomic mass is 19.3. The smallest absolute Gasteiger partial charge is 0.387 e. The summed E-state index contributed by atoms with van der Waals surface area (Å²) < 4.78 is 33.8. The molecule has 0 spiro atoms. The molecule has 1 amide bonds. The Morgan fingerprint density at radius 2 is 2.17 bits per heavy atom. The Bertz CT molecular complexity index is 447. The van der Waals surface area contributed by atoms with Crippen molar-refractivity contribution in [2.24, 2.45) is 5.92 Å². The van der Waals surface area contributed by atoms with Gasteiger partial charge in [0.05, 0.1) is 12.8 Å². The lowest BCUT2D eigenvalue weighted by atomic mass is 10.2. The Morgan fingerprint density at radius 3 is 2.72 bits per heavy atom. The van der Waals surface area contributed by atoms with Crippen LogP contribution in [0.4, 0.5) is 14.5 Å². The minimum Gasteiger partial charge on any atom is -0.497 e. The van der Waals surface area contributed by atoms with Crippen molar-refractivity contribution in [2.75, 3.05) is 12.4 Å². The van der Waals surface area contributed by atoms with Gasteiger partial charge < -0.3 is 14.8 Å². The van der Waals surface area contributed by atoms with Gasteiger partial charge in [0.1, 0.15) is 11.5 Å². The van der Waals surface area contributed by atoms with E-state index >= 15 is 0 Å². The molecule has 0 atom stereocenters. The van der Waals surface area contributed by atoms with E-state index in [9.17, 15) is 13.6 Å². The molecule has 1 aromatic carbocycles. The average Bonchev–Trinajstić information content (AvgIpc) is 3.14. The number of benzene rings is 1. The predicted octanol–water partition coefficient (Wildman–Crippen LogP) is 2.65. The number of hydrogen-bond acceptors (Lipinski definition) is 3. The fraction of sp³-hybridized carbons (Fsp3) is 0.417. The van der Waals surface area contributed by atoms with Crippen molar-refractivity contribution in [3.63, 3.8) is 0 Å². The molecule has 98 valence electrons. The first-order valence-electron chi connectivity index (χ1n) is 5.54. The van der Waals surface area contributed by atoms with E-state index in [4.69, 9.17) is 4.74 Å². The van der Waals surface area contributed by atoms with Gasteiger partial charge in [-0.2, -0.15) is 8.78 Å². The maximum Gasteiger partial charge on any atom is 0.387 e. The number of alkyl halides is 2. The number of anilines is 1. The van der Waals surface area contributed by atoms with Gasteiger partial charge in [-0.3, -0.25) is 4.79 Å². The molecule has 0 bridgehead atoms. The first-order chi connectivity index (χ1) is 8.60. The summed E-state index contributed by atoms with van der Waals surface area (Å²) in [6.45, 7) is -2.94. The van der Waals surface area contributed by atoms with Crippen LogP contribution < -0.4 is 14.8 Å². The molecular weight excluding hydrogens is 244 g/mol. The zero-order valence-corrected chi connectivity index (χ0v) is 9.78. The van der Waals surface area contributed by atoms with Gasteiger partial charge >= 0.3 is 6.61 Å². The molecule has 0 aromatic heterocycles. The van der Waals surface area contributed by atoms with Crippen molar-refractivity contribution in [2.45, 2.75) is 19.5 Å². The number of methoxy groups -OCH3 is 1. The van der Waals surface area contributed by atoms with E-state index < -0.39 is 6.61 Å². The number of amides is 1. The predicted molar refractivity (Wildman–Crippen MR) is 61.0 cm³/mol. The second kappa shape index (κ2) is 5.20. The zero-order chi connectivity index (χ0) is 13.1. The Hall–Kier alpha value is -1.85. The van der Waals surface area contributed by atoms with Gasteiger partial charge in [-0.15, -0.1) is 0 Å². The van der Waals surface area contributed by atoms with E-state index in [0.717, 1.165) is 12.8 Å². The Morgan fingerprint density at radius 1 is 1.44 bits per heavy atom. The van der Waals surface area contributed by atoms with Crippen LogP contribution in [-0.2, 0) is 4.79 Å². The van der Waals surface area contributed by atoms with Gasteiger partial charge in [-0.1, -0.05) is 0 Å². The van der Waals surface area contributed by atoms with Crippen LogP contribution in [0.25, 0.3) is 0 Å². The lowest BCUT2D eigenvalue weighted by molar-refractivity contribution is -0.117. The van der Waals surface area contributed by atoms with Crippen LogP contribution in [-0.4, -0.2) is 19.6 Å². The number of nitrogens with one attached hydrogen (secondary N) is 1. The summed E-state index contributed by atoms with van der Waals surface area (Å²) in [6.07, 6.45) is 1.67. The molecule has 0 radical (unpaired) electrons. The Balaban J connectivity index is 2.19. The fourth-order valence-corrected chi connectivity index (χ4v) is 1.51. The molecule has 0 unspecified atom stereocenters. The van der Waals surface area contributed by atoms with Crippen molar-refractivity contribution in [1.29, 1.82) is 0 Å². The third-order valence-corrected chi connectivity index (χ3v) is 2.61. The van der Waals surface area contributed by atoms with Crippen LogP contribution in [0, 0.1) is 5.92 Å². The van der Waals surface area contributed by atoms with Gasteiger partial charge in [0.25, 0.3) is 0 Å². The van der Waals surface area contributed by atoms with Gasteiger partial charge in [0.2, 0.25) is 5.91 Å². The van der Waals surface area contributed by atoms with Gasteiger partial charge in [0, 0.05) is 12.0 Å². The van der Waals surface area contributed by atoms with Gasteiger partial charge in [-0.25, -0.2) is 0 Å². The average molecular weight is 257 g/mol. The van der Waals surface area contributed by atoms with E-state index in [2.05, 4.69) is 10.1 Å². The van der Waals surface area contributed by atoms with E-state index in [1.54, 1.807) is 0 Å². The summed E-state index contributed by atoms with van der Waals surface area (Å²) in [4.78, 5) is 11.6. The summed E-state index contributed by atoms with van der Waals surface area (Å²) >= 11 is 0. The Labute approximate surface area is 103 Å². The summed E-state index contributed by atoms with van der Waals surface area (Å²) in [5.74, 6) is 0.195. The highest BCUT2D eigenvalue weighted by Gasteiger charge is 2.30. The van der Waals surface area contributed by atoms with Crippen LogP contribution in [0.5, 0.6) is 11.5 Å². The molecule has 1 saturated carbocycles. The molecule has 0 saturated heterocycles. The minimum absolute atomic E-state index is 0.0180. The number of carbonyl (C=O) groups excluding carboxylic acids is 1. The number of hydrogen-bond donors (Lipinski definition) is 1. The molecule has 1 aliphatic rings. The van der Waals surface area contributed by atoms with Crippen molar-refractivity contribution in [3.05, 3.63) is 18.2 Å². The van der Waals surface area contributed by atoms with Gasteiger partial charge in [-0.05, 0) is 25.0 Å². The first-order valence-corrected chi connectivity index (χ1v) is 5.54. The Kier molecular flexibility index (Phi) is 3.64.